The minimum Gasteiger partial charge on any atom is -0.410 e. The van der Waals surface area contributed by atoms with Gasteiger partial charge in [-0.1, -0.05) is 30.3 Å². The van der Waals surface area contributed by atoms with Crippen LogP contribution in [0, 0.1) is 0 Å². The molecule has 1 atom stereocenters. The molecule has 1 aliphatic heterocycles. The van der Waals surface area contributed by atoms with E-state index in [1.807, 2.05) is 30.3 Å². The second kappa shape index (κ2) is 5.87. The van der Waals surface area contributed by atoms with Crippen LogP contribution in [0.3, 0.4) is 0 Å². The van der Waals surface area contributed by atoms with Crippen molar-refractivity contribution >= 4 is 17.5 Å². The van der Waals surface area contributed by atoms with Crippen LogP contribution in [0.4, 0.5) is 16.2 Å². The summed E-state index contributed by atoms with van der Waals surface area (Å²) >= 11 is 0. The monoisotopic (exact) mass is 282 g/mol. The number of aryl methyl sites for hydroxylation is 1. The Morgan fingerprint density at radius 2 is 2.00 bits per heavy atom. The number of para-hydroxylation sites is 2. The summed E-state index contributed by atoms with van der Waals surface area (Å²) in [7, 11) is 0. The smallest absolute Gasteiger partial charge is 0.410 e. The van der Waals surface area contributed by atoms with Crippen molar-refractivity contribution < 1.29 is 9.53 Å². The zero-order valence-corrected chi connectivity index (χ0v) is 11.9. The lowest BCUT2D eigenvalue weighted by Crippen LogP contribution is -2.24. The van der Waals surface area contributed by atoms with Crippen LogP contribution in [-0.2, 0) is 6.42 Å². The maximum absolute atomic E-state index is 12.0. The number of carbonyl (C=O) groups excluding carboxylic acids is 1. The molecule has 1 aliphatic rings. The lowest BCUT2D eigenvalue weighted by atomic mass is 9.98. The average Bonchev–Trinajstić information content (AvgIpc) is 2.49. The van der Waals surface area contributed by atoms with E-state index in [0.29, 0.717) is 11.8 Å². The Morgan fingerprint density at radius 3 is 2.81 bits per heavy atom. The molecule has 0 bridgehead atoms. The van der Waals surface area contributed by atoms with Gasteiger partial charge in [-0.15, -0.1) is 0 Å². The number of ether oxygens (including phenoxy) is 1. The Balaban J connectivity index is 1.75. The second-order valence-corrected chi connectivity index (χ2v) is 5.25. The molecular weight excluding hydrogens is 264 g/mol. The van der Waals surface area contributed by atoms with Crippen LogP contribution in [0.1, 0.15) is 18.9 Å². The van der Waals surface area contributed by atoms with E-state index in [2.05, 4.69) is 23.6 Å². The molecule has 0 radical (unpaired) electrons. The van der Waals surface area contributed by atoms with E-state index in [9.17, 15) is 4.79 Å². The van der Waals surface area contributed by atoms with Gasteiger partial charge in [-0.25, -0.2) is 4.79 Å². The fourth-order valence-electron chi connectivity index (χ4n) is 2.50. The maximum Gasteiger partial charge on any atom is 0.417 e. The molecular formula is C17H18N2O2. The molecule has 0 saturated heterocycles. The van der Waals surface area contributed by atoms with Crippen LogP contribution >= 0.6 is 0 Å². The van der Waals surface area contributed by atoms with Crippen molar-refractivity contribution in [1.82, 2.24) is 0 Å². The SMILES string of the molecule is CC1CCc2cccc(NC(=O)Oc3ccccc3)c2N1. The van der Waals surface area contributed by atoms with E-state index in [1.54, 1.807) is 12.1 Å². The third kappa shape index (κ3) is 3.16. The zero-order valence-electron chi connectivity index (χ0n) is 11.9. The summed E-state index contributed by atoms with van der Waals surface area (Å²) in [6.07, 6.45) is 1.65. The Hall–Kier alpha value is -2.49. The lowest BCUT2D eigenvalue weighted by Gasteiger charge is -2.26. The van der Waals surface area contributed by atoms with E-state index in [-0.39, 0.29) is 0 Å². The highest BCUT2D eigenvalue weighted by atomic mass is 16.6. The van der Waals surface area contributed by atoms with Gasteiger partial charge >= 0.3 is 6.09 Å². The molecule has 2 aromatic rings. The van der Waals surface area contributed by atoms with Gasteiger partial charge in [0.25, 0.3) is 0 Å². The van der Waals surface area contributed by atoms with E-state index in [1.165, 1.54) is 5.56 Å². The summed E-state index contributed by atoms with van der Waals surface area (Å²) in [4.78, 5) is 12.0. The largest absolute Gasteiger partial charge is 0.417 e. The summed E-state index contributed by atoms with van der Waals surface area (Å²) < 4.78 is 5.26. The predicted molar refractivity (Wildman–Crippen MR) is 83.9 cm³/mol. The Labute approximate surface area is 124 Å². The topological polar surface area (TPSA) is 50.4 Å². The molecule has 4 nitrogen and oxygen atoms in total. The molecule has 0 spiro atoms. The zero-order chi connectivity index (χ0) is 14.7. The van der Waals surface area contributed by atoms with Gasteiger partial charge in [0.2, 0.25) is 0 Å². The quantitative estimate of drug-likeness (QED) is 0.874. The summed E-state index contributed by atoms with van der Waals surface area (Å²) in [5.74, 6) is 0.529. The fourth-order valence-corrected chi connectivity index (χ4v) is 2.50. The second-order valence-electron chi connectivity index (χ2n) is 5.25. The van der Waals surface area contributed by atoms with Crippen LogP contribution in [-0.4, -0.2) is 12.1 Å². The van der Waals surface area contributed by atoms with Crippen molar-refractivity contribution in [2.24, 2.45) is 0 Å². The Bertz CT molecular complexity index is 640. The number of hydrogen-bond acceptors (Lipinski definition) is 3. The van der Waals surface area contributed by atoms with Crippen molar-refractivity contribution in [1.29, 1.82) is 0 Å². The van der Waals surface area contributed by atoms with Gasteiger partial charge in [0.05, 0.1) is 11.4 Å². The number of nitrogens with one attached hydrogen (secondary N) is 2. The number of benzene rings is 2. The molecule has 2 aromatic carbocycles. The van der Waals surface area contributed by atoms with Gasteiger partial charge in [0, 0.05) is 6.04 Å². The standard InChI is InChI=1S/C17H18N2O2/c1-12-10-11-13-6-5-9-15(16(13)18-12)19-17(20)21-14-7-3-2-4-8-14/h2-9,12,18H,10-11H2,1H3,(H,19,20). The highest BCUT2D eigenvalue weighted by molar-refractivity contribution is 5.91. The van der Waals surface area contributed by atoms with E-state index < -0.39 is 6.09 Å². The van der Waals surface area contributed by atoms with Gasteiger partial charge < -0.3 is 10.1 Å². The molecule has 1 heterocycles. The molecule has 0 saturated carbocycles. The first-order valence-electron chi connectivity index (χ1n) is 7.14. The summed E-state index contributed by atoms with van der Waals surface area (Å²) in [5, 5.41) is 6.24. The maximum atomic E-state index is 12.0. The third-order valence-corrected chi connectivity index (χ3v) is 3.58. The molecule has 1 amide bonds. The molecule has 0 aliphatic carbocycles. The van der Waals surface area contributed by atoms with E-state index in [0.717, 1.165) is 24.2 Å². The van der Waals surface area contributed by atoms with Crippen LogP contribution in [0.25, 0.3) is 0 Å². The molecule has 2 N–H and O–H groups in total. The number of carbonyl (C=O) groups is 1. The average molecular weight is 282 g/mol. The molecule has 0 fully saturated rings. The van der Waals surface area contributed by atoms with Crippen molar-refractivity contribution in [3.8, 4) is 5.75 Å². The van der Waals surface area contributed by atoms with Crippen LogP contribution in [0.15, 0.2) is 48.5 Å². The van der Waals surface area contributed by atoms with Crippen molar-refractivity contribution in [3.63, 3.8) is 0 Å². The van der Waals surface area contributed by atoms with Gasteiger partial charge in [0.1, 0.15) is 5.75 Å². The molecule has 21 heavy (non-hydrogen) atoms. The molecule has 3 rings (SSSR count). The first kappa shape index (κ1) is 13.5. The fraction of sp³-hybridized carbons (Fsp3) is 0.235. The van der Waals surface area contributed by atoms with Crippen LogP contribution < -0.4 is 15.4 Å². The number of amides is 1. The molecule has 0 aromatic heterocycles. The first-order valence-corrected chi connectivity index (χ1v) is 7.14. The first-order chi connectivity index (χ1) is 10.2. The minimum atomic E-state index is -0.477. The van der Waals surface area contributed by atoms with Gasteiger partial charge in [0.15, 0.2) is 0 Å². The molecule has 108 valence electrons. The van der Waals surface area contributed by atoms with Crippen LogP contribution in [0.2, 0.25) is 0 Å². The number of anilines is 2. The normalized spacial score (nSPS) is 16.5. The lowest BCUT2D eigenvalue weighted by molar-refractivity contribution is 0.215. The summed E-state index contributed by atoms with van der Waals surface area (Å²) in [5.41, 5.74) is 2.99. The van der Waals surface area contributed by atoms with E-state index in [4.69, 9.17) is 4.74 Å². The highest BCUT2D eigenvalue weighted by Gasteiger charge is 2.18. The number of rotatable bonds is 2. The summed E-state index contributed by atoms with van der Waals surface area (Å²) in [6, 6.07) is 15.4. The van der Waals surface area contributed by atoms with Gasteiger partial charge in [-0.05, 0) is 43.5 Å². The van der Waals surface area contributed by atoms with E-state index >= 15 is 0 Å². The number of fused-ring (bicyclic) bond motifs is 1. The summed E-state index contributed by atoms with van der Waals surface area (Å²) in [6.45, 7) is 2.14. The van der Waals surface area contributed by atoms with Crippen LogP contribution in [0.5, 0.6) is 5.75 Å². The third-order valence-electron chi connectivity index (χ3n) is 3.58. The van der Waals surface area contributed by atoms with Crippen molar-refractivity contribution in [3.05, 3.63) is 54.1 Å². The Morgan fingerprint density at radius 1 is 1.19 bits per heavy atom. The molecule has 1 unspecified atom stereocenters. The van der Waals surface area contributed by atoms with Gasteiger partial charge in [-0.3, -0.25) is 5.32 Å². The predicted octanol–water partition coefficient (Wildman–Crippen LogP) is 4.04. The van der Waals surface area contributed by atoms with Crippen molar-refractivity contribution in [2.45, 2.75) is 25.8 Å². The molecule has 4 heteroatoms. The van der Waals surface area contributed by atoms with Gasteiger partial charge in [-0.2, -0.15) is 0 Å². The Kier molecular flexibility index (Phi) is 3.77. The number of hydrogen-bond donors (Lipinski definition) is 2. The highest BCUT2D eigenvalue weighted by Crippen LogP contribution is 2.32. The minimum absolute atomic E-state index is 0.408. The van der Waals surface area contributed by atoms with Crippen molar-refractivity contribution in [2.75, 3.05) is 10.6 Å².